The van der Waals surface area contributed by atoms with Crippen LogP contribution in [0.2, 0.25) is 0 Å². The molecule has 2 unspecified atom stereocenters. The van der Waals surface area contributed by atoms with Crippen molar-refractivity contribution in [3.63, 3.8) is 0 Å². The fraction of sp³-hybridized carbons (Fsp3) is 0.294. The van der Waals surface area contributed by atoms with Crippen molar-refractivity contribution in [1.29, 1.82) is 0 Å². The van der Waals surface area contributed by atoms with Crippen LogP contribution in [0, 0.1) is 5.82 Å². The molecule has 4 nitrogen and oxygen atoms in total. The molecule has 1 aliphatic carbocycles. The molecule has 2 atom stereocenters. The van der Waals surface area contributed by atoms with E-state index in [0.717, 1.165) is 23.6 Å². The number of benzene rings is 2. The predicted octanol–water partition coefficient (Wildman–Crippen LogP) is 3.80. The number of hydrogen-bond donors (Lipinski definition) is 2. The van der Waals surface area contributed by atoms with Crippen LogP contribution in [0.25, 0.3) is 0 Å². The number of nitrogens with one attached hydrogen (secondary N) is 1. The second-order valence-corrected chi connectivity index (χ2v) is 8.37. The quantitative estimate of drug-likeness (QED) is 0.803. The van der Waals surface area contributed by atoms with E-state index >= 15 is 0 Å². The van der Waals surface area contributed by atoms with Gasteiger partial charge in [-0.1, -0.05) is 25.1 Å². The number of fused-ring (bicyclic) bond motifs is 1. The van der Waals surface area contributed by atoms with Gasteiger partial charge in [-0.15, -0.1) is 0 Å². The van der Waals surface area contributed by atoms with E-state index in [1.807, 2.05) is 13.0 Å². The summed E-state index contributed by atoms with van der Waals surface area (Å²) in [5.41, 5.74) is 2.30. The Morgan fingerprint density at radius 1 is 1.25 bits per heavy atom. The first-order valence-corrected chi connectivity index (χ1v) is 9.85. The minimum atomic E-state index is -4.04. The lowest BCUT2D eigenvalue weighted by molar-refractivity contribution is 0.132. The third-order valence-electron chi connectivity index (χ3n) is 4.38. The molecule has 0 heterocycles. The molecule has 1 aliphatic rings. The average molecular weight is 414 g/mol. The second kappa shape index (κ2) is 6.46. The molecule has 0 bridgehead atoms. The number of aliphatic hydroxyl groups is 1. The molecule has 0 saturated heterocycles. The van der Waals surface area contributed by atoms with Crippen molar-refractivity contribution >= 4 is 31.6 Å². The van der Waals surface area contributed by atoms with E-state index in [1.165, 1.54) is 18.2 Å². The largest absolute Gasteiger partial charge is 0.392 e. The minimum absolute atomic E-state index is 0.110. The van der Waals surface area contributed by atoms with E-state index in [1.54, 1.807) is 6.07 Å². The summed E-state index contributed by atoms with van der Waals surface area (Å²) >= 11 is 3.45. The van der Waals surface area contributed by atoms with Crippen molar-refractivity contribution in [2.45, 2.75) is 36.7 Å². The maximum Gasteiger partial charge on any atom is 0.264 e. The van der Waals surface area contributed by atoms with Gasteiger partial charge in [0.05, 0.1) is 11.8 Å². The second-order valence-electron chi connectivity index (χ2n) is 5.93. The molecule has 7 heteroatoms. The third-order valence-corrected chi connectivity index (χ3v) is 6.64. The molecular weight excluding hydrogens is 397 g/mol. The molecule has 3 rings (SSSR count). The van der Waals surface area contributed by atoms with Crippen LogP contribution in [0.15, 0.2) is 45.8 Å². The molecule has 0 saturated carbocycles. The molecule has 0 spiro atoms. The van der Waals surface area contributed by atoms with Crippen LogP contribution in [0.1, 0.15) is 30.4 Å². The van der Waals surface area contributed by atoms with Crippen molar-refractivity contribution in [2.75, 3.05) is 4.72 Å². The highest BCUT2D eigenvalue weighted by Crippen LogP contribution is 2.40. The van der Waals surface area contributed by atoms with Gasteiger partial charge in [0.2, 0.25) is 0 Å². The lowest BCUT2D eigenvalue weighted by Crippen LogP contribution is -2.24. The van der Waals surface area contributed by atoms with Gasteiger partial charge in [-0.2, -0.15) is 0 Å². The molecule has 0 fully saturated rings. The molecule has 0 radical (unpaired) electrons. The number of rotatable bonds is 3. The number of aliphatic hydroxyl groups excluding tert-OH is 1. The van der Waals surface area contributed by atoms with E-state index in [0.29, 0.717) is 16.6 Å². The summed E-state index contributed by atoms with van der Waals surface area (Å²) in [6.07, 6.45) is 0.952. The van der Waals surface area contributed by atoms with Crippen molar-refractivity contribution in [3.05, 3.63) is 57.8 Å². The summed E-state index contributed by atoms with van der Waals surface area (Å²) < 4.78 is 41.8. The smallest absolute Gasteiger partial charge is 0.264 e. The van der Waals surface area contributed by atoms with Crippen LogP contribution in [0.5, 0.6) is 0 Å². The van der Waals surface area contributed by atoms with Crippen LogP contribution in [0.3, 0.4) is 0 Å². The van der Waals surface area contributed by atoms with Crippen molar-refractivity contribution in [3.8, 4) is 0 Å². The van der Waals surface area contributed by atoms with Gasteiger partial charge in [-0.25, -0.2) is 12.8 Å². The lowest BCUT2D eigenvalue weighted by Gasteiger charge is -2.29. The Hall–Kier alpha value is -1.44. The lowest BCUT2D eigenvalue weighted by atomic mass is 9.82. The van der Waals surface area contributed by atoms with Crippen LogP contribution in [0.4, 0.5) is 10.1 Å². The van der Waals surface area contributed by atoms with E-state index in [2.05, 4.69) is 20.7 Å². The predicted molar refractivity (Wildman–Crippen MR) is 94.1 cm³/mol. The van der Waals surface area contributed by atoms with Gasteiger partial charge in [0.25, 0.3) is 10.0 Å². The highest BCUT2D eigenvalue weighted by Gasteiger charge is 2.28. The molecule has 0 aromatic heterocycles. The third kappa shape index (κ3) is 3.08. The topological polar surface area (TPSA) is 66.4 Å². The van der Waals surface area contributed by atoms with Gasteiger partial charge in [0, 0.05) is 10.4 Å². The maximum atomic E-state index is 13.8. The molecule has 128 valence electrons. The van der Waals surface area contributed by atoms with Gasteiger partial charge in [0.1, 0.15) is 10.7 Å². The Balaban J connectivity index is 2.02. The van der Waals surface area contributed by atoms with E-state index < -0.39 is 26.8 Å². The summed E-state index contributed by atoms with van der Waals surface area (Å²) in [5, 5.41) is 10.1. The summed E-state index contributed by atoms with van der Waals surface area (Å²) in [7, 11) is -4.04. The van der Waals surface area contributed by atoms with Crippen LogP contribution < -0.4 is 4.72 Å². The summed E-state index contributed by atoms with van der Waals surface area (Å²) in [6.45, 7) is 1.91. The van der Waals surface area contributed by atoms with Gasteiger partial charge >= 0.3 is 0 Å². The SMILES string of the molecule is CC1c2c(ccc(NS(=O)(=O)c3ccccc3F)c2Br)CCC1O. The Labute approximate surface area is 148 Å². The van der Waals surface area contributed by atoms with Crippen LogP contribution in [-0.4, -0.2) is 19.6 Å². The Kier molecular flexibility index (Phi) is 4.68. The molecule has 24 heavy (non-hydrogen) atoms. The molecule has 0 amide bonds. The highest BCUT2D eigenvalue weighted by molar-refractivity contribution is 9.10. The fourth-order valence-corrected chi connectivity index (χ4v) is 5.16. The molecular formula is C17H17BrFNO3S. The van der Waals surface area contributed by atoms with E-state index in [9.17, 15) is 17.9 Å². The standard InChI is InChI=1S/C17H17BrFNO3S/c1-10-14(21)9-7-11-6-8-13(17(18)16(10)11)20-24(22,23)15-5-3-2-4-12(15)19/h2-6,8,10,14,20-21H,7,9H2,1H3. The van der Waals surface area contributed by atoms with Crippen molar-refractivity contribution < 1.29 is 17.9 Å². The first-order chi connectivity index (χ1) is 11.3. The maximum absolute atomic E-state index is 13.8. The highest BCUT2D eigenvalue weighted by atomic mass is 79.9. The zero-order chi connectivity index (χ0) is 17.5. The Morgan fingerprint density at radius 2 is 1.96 bits per heavy atom. The average Bonchev–Trinajstić information content (AvgIpc) is 2.53. The first-order valence-electron chi connectivity index (χ1n) is 7.58. The van der Waals surface area contributed by atoms with Gasteiger partial charge in [0.15, 0.2) is 0 Å². The fourth-order valence-electron chi connectivity index (χ4n) is 3.03. The van der Waals surface area contributed by atoms with E-state index in [-0.39, 0.29) is 5.92 Å². The monoisotopic (exact) mass is 413 g/mol. The van der Waals surface area contributed by atoms with Gasteiger partial charge < -0.3 is 5.11 Å². The zero-order valence-electron chi connectivity index (χ0n) is 13.0. The molecule has 0 aliphatic heterocycles. The van der Waals surface area contributed by atoms with Gasteiger partial charge in [-0.3, -0.25) is 4.72 Å². The van der Waals surface area contributed by atoms with Crippen LogP contribution in [-0.2, 0) is 16.4 Å². The number of sulfonamides is 1. The summed E-state index contributed by atoms with van der Waals surface area (Å²) in [6, 6.07) is 8.74. The number of aryl methyl sites for hydroxylation is 1. The normalized spacial score (nSPS) is 20.5. The van der Waals surface area contributed by atoms with Crippen molar-refractivity contribution in [2.24, 2.45) is 0 Å². The first kappa shape index (κ1) is 17.4. The number of halogens is 2. The summed E-state index contributed by atoms with van der Waals surface area (Å²) in [4.78, 5) is -0.400. The van der Waals surface area contributed by atoms with Crippen LogP contribution >= 0.6 is 15.9 Å². The minimum Gasteiger partial charge on any atom is -0.392 e. The van der Waals surface area contributed by atoms with Crippen molar-refractivity contribution in [1.82, 2.24) is 0 Å². The molecule has 2 aromatic carbocycles. The Morgan fingerprint density at radius 3 is 2.67 bits per heavy atom. The number of hydrogen-bond acceptors (Lipinski definition) is 3. The molecule has 2 N–H and O–H groups in total. The van der Waals surface area contributed by atoms with E-state index in [4.69, 9.17) is 0 Å². The number of anilines is 1. The summed E-state index contributed by atoms with van der Waals surface area (Å²) in [5.74, 6) is -0.913. The zero-order valence-corrected chi connectivity index (χ0v) is 15.4. The Bertz CT molecular complexity index is 885. The molecule has 2 aromatic rings. The van der Waals surface area contributed by atoms with Gasteiger partial charge in [-0.05, 0) is 58.1 Å².